The number of hydrogen-bond acceptors (Lipinski definition) is 5. The molecular formula is C19H21FN4O3. The summed E-state index contributed by atoms with van der Waals surface area (Å²) in [5, 5.41) is 2.94. The Hall–Kier alpha value is -3.03. The molecule has 1 saturated heterocycles. The van der Waals surface area contributed by atoms with Crippen molar-refractivity contribution in [3.8, 4) is 5.75 Å². The molecule has 0 spiro atoms. The van der Waals surface area contributed by atoms with Gasteiger partial charge in [0.1, 0.15) is 5.69 Å². The number of nitrogens with zero attached hydrogens (tertiary/aromatic N) is 3. The lowest BCUT2D eigenvalue weighted by Crippen LogP contribution is -2.38. The first-order valence-corrected chi connectivity index (χ1v) is 8.85. The zero-order chi connectivity index (χ0) is 19.1. The molecule has 142 valence electrons. The van der Waals surface area contributed by atoms with Gasteiger partial charge in [0, 0.05) is 31.5 Å². The minimum Gasteiger partial charge on any atom is -0.481 e. The van der Waals surface area contributed by atoms with E-state index in [4.69, 9.17) is 4.74 Å². The third-order valence-corrected chi connectivity index (χ3v) is 4.40. The molecular weight excluding hydrogens is 351 g/mol. The molecule has 0 bridgehead atoms. The minimum atomic E-state index is -0.493. The van der Waals surface area contributed by atoms with E-state index in [1.807, 2.05) is 0 Å². The summed E-state index contributed by atoms with van der Waals surface area (Å²) in [5.74, 6) is -0.891. The smallest absolute Gasteiger partial charge is 0.271 e. The molecule has 3 rings (SSSR count). The second-order valence-electron chi connectivity index (χ2n) is 6.29. The summed E-state index contributed by atoms with van der Waals surface area (Å²) in [7, 11) is 0. The number of nitrogens with one attached hydrogen (secondary N) is 1. The van der Waals surface area contributed by atoms with Crippen LogP contribution in [-0.2, 0) is 4.79 Å². The molecule has 0 aliphatic carbocycles. The SMILES string of the molecule is O=C(NC1CCCN(C(=O)COc2ccccc2F)CC1)c1cnccn1. The number of carbonyl (C=O) groups excluding carboxylic acids is 2. The van der Waals surface area contributed by atoms with E-state index in [0.29, 0.717) is 19.5 Å². The van der Waals surface area contributed by atoms with Gasteiger partial charge in [-0.15, -0.1) is 0 Å². The zero-order valence-electron chi connectivity index (χ0n) is 14.8. The Kier molecular flexibility index (Phi) is 6.30. The van der Waals surface area contributed by atoms with E-state index in [2.05, 4.69) is 15.3 Å². The van der Waals surface area contributed by atoms with Gasteiger partial charge in [0.15, 0.2) is 18.2 Å². The van der Waals surface area contributed by atoms with Crippen molar-refractivity contribution < 1.29 is 18.7 Å². The molecule has 0 saturated carbocycles. The molecule has 1 atom stereocenters. The first-order chi connectivity index (χ1) is 13.1. The van der Waals surface area contributed by atoms with Crippen molar-refractivity contribution in [2.45, 2.75) is 25.3 Å². The molecule has 1 unspecified atom stereocenters. The van der Waals surface area contributed by atoms with Crippen LogP contribution in [0.1, 0.15) is 29.8 Å². The Bertz CT molecular complexity index is 788. The fraction of sp³-hybridized carbons (Fsp3) is 0.368. The molecule has 2 aromatic rings. The molecule has 0 radical (unpaired) electrons. The average Bonchev–Trinajstić information content (AvgIpc) is 2.93. The second kappa shape index (κ2) is 9.07. The van der Waals surface area contributed by atoms with Gasteiger partial charge in [-0.2, -0.15) is 0 Å². The van der Waals surface area contributed by atoms with Crippen LogP contribution in [-0.4, -0.2) is 52.4 Å². The van der Waals surface area contributed by atoms with Crippen molar-refractivity contribution in [3.63, 3.8) is 0 Å². The highest BCUT2D eigenvalue weighted by Crippen LogP contribution is 2.16. The van der Waals surface area contributed by atoms with Crippen LogP contribution in [0.25, 0.3) is 0 Å². The molecule has 1 aliphatic rings. The van der Waals surface area contributed by atoms with Crippen LogP contribution >= 0.6 is 0 Å². The number of rotatable bonds is 5. The van der Waals surface area contributed by atoms with E-state index < -0.39 is 5.82 Å². The third kappa shape index (κ3) is 5.22. The highest BCUT2D eigenvalue weighted by Gasteiger charge is 2.23. The Morgan fingerprint density at radius 3 is 2.85 bits per heavy atom. The number of aromatic nitrogens is 2. The van der Waals surface area contributed by atoms with E-state index >= 15 is 0 Å². The molecule has 7 nitrogen and oxygen atoms in total. The van der Waals surface area contributed by atoms with Crippen molar-refractivity contribution in [3.05, 3.63) is 54.4 Å². The lowest BCUT2D eigenvalue weighted by atomic mass is 10.1. The van der Waals surface area contributed by atoms with Crippen LogP contribution in [0.4, 0.5) is 4.39 Å². The van der Waals surface area contributed by atoms with Crippen LogP contribution in [0.3, 0.4) is 0 Å². The van der Waals surface area contributed by atoms with Crippen molar-refractivity contribution in [1.82, 2.24) is 20.2 Å². The maximum absolute atomic E-state index is 13.6. The molecule has 1 aromatic carbocycles. The monoisotopic (exact) mass is 372 g/mol. The summed E-state index contributed by atoms with van der Waals surface area (Å²) in [6.07, 6.45) is 6.56. The third-order valence-electron chi connectivity index (χ3n) is 4.40. The van der Waals surface area contributed by atoms with Gasteiger partial charge in [-0.1, -0.05) is 12.1 Å². The van der Waals surface area contributed by atoms with Crippen molar-refractivity contribution in [2.75, 3.05) is 19.7 Å². The maximum Gasteiger partial charge on any atom is 0.271 e. The van der Waals surface area contributed by atoms with Crippen LogP contribution < -0.4 is 10.1 Å². The highest BCUT2D eigenvalue weighted by molar-refractivity contribution is 5.92. The van der Waals surface area contributed by atoms with E-state index in [-0.39, 0.29) is 35.9 Å². The van der Waals surface area contributed by atoms with Gasteiger partial charge in [0.2, 0.25) is 0 Å². The maximum atomic E-state index is 13.6. The van der Waals surface area contributed by atoms with Crippen LogP contribution in [0.2, 0.25) is 0 Å². The fourth-order valence-corrected chi connectivity index (χ4v) is 2.96. The van der Waals surface area contributed by atoms with Crippen LogP contribution in [0, 0.1) is 5.82 Å². The van der Waals surface area contributed by atoms with Gasteiger partial charge in [0.05, 0.1) is 6.20 Å². The van der Waals surface area contributed by atoms with Crippen LogP contribution in [0.5, 0.6) is 5.75 Å². The molecule has 1 fully saturated rings. The van der Waals surface area contributed by atoms with Crippen molar-refractivity contribution in [2.24, 2.45) is 0 Å². The number of hydrogen-bond donors (Lipinski definition) is 1. The van der Waals surface area contributed by atoms with E-state index in [9.17, 15) is 14.0 Å². The summed E-state index contributed by atoms with van der Waals surface area (Å²) in [5.41, 5.74) is 0.271. The number of carbonyl (C=O) groups is 2. The van der Waals surface area contributed by atoms with Crippen LogP contribution in [0.15, 0.2) is 42.9 Å². The van der Waals surface area contributed by atoms with Crippen molar-refractivity contribution in [1.29, 1.82) is 0 Å². The first kappa shape index (κ1) is 18.8. The van der Waals surface area contributed by atoms with E-state index in [1.54, 1.807) is 17.0 Å². The molecule has 2 heterocycles. The van der Waals surface area contributed by atoms with Crippen molar-refractivity contribution >= 4 is 11.8 Å². The number of likely N-dealkylation sites (tertiary alicyclic amines) is 1. The van der Waals surface area contributed by atoms with Gasteiger partial charge in [-0.05, 0) is 31.4 Å². The van der Waals surface area contributed by atoms with Gasteiger partial charge < -0.3 is 15.0 Å². The molecule has 8 heteroatoms. The molecule has 2 amide bonds. The largest absolute Gasteiger partial charge is 0.481 e. The number of para-hydroxylation sites is 1. The number of halogens is 1. The highest BCUT2D eigenvalue weighted by atomic mass is 19.1. The topological polar surface area (TPSA) is 84.4 Å². The predicted octanol–water partition coefficient (Wildman–Crippen LogP) is 1.81. The molecule has 1 N–H and O–H groups in total. The average molecular weight is 372 g/mol. The minimum absolute atomic E-state index is 0.0372. The van der Waals surface area contributed by atoms with Gasteiger partial charge in [-0.3, -0.25) is 14.6 Å². The van der Waals surface area contributed by atoms with Gasteiger partial charge in [0.25, 0.3) is 11.8 Å². The molecule has 27 heavy (non-hydrogen) atoms. The number of amides is 2. The Balaban J connectivity index is 1.48. The lowest BCUT2D eigenvalue weighted by molar-refractivity contribution is -0.133. The zero-order valence-corrected chi connectivity index (χ0v) is 14.8. The summed E-state index contributed by atoms with van der Waals surface area (Å²) in [6.45, 7) is 0.874. The van der Waals surface area contributed by atoms with E-state index in [0.717, 1.165) is 12.8 Å². The van der Waals surface area contributed by atoms with E-state index in [1.165, 1.54) is 30.7 Å². The molecule has 1 aromatic heterocycles. The summed E-state index contributed by atoms with van der Waals surface area (Å²) >= 11 is 0. The van der Waals surface area contributed by atoms with Gasteiger partial charge in [-0.25, -0.2) is 9.37 Å². The van der Waals surface area contributed by atoms with Gasteiger partial charge >= 0.3 is 0 Å². The second-order valence-corrected chi connectivity index (χ2v) is 6.29. The Morgan fingerprint density at radius 1 is 1.22 bits per heavy atom. The lowest BCUT2D eigenvalue weighted by Gasteiger charge is -2.21. The Labute approximate surface area is 156 Å². The normalized spacial score (nSPS) is 17.1. The Morgan fingerprint density at radius 2 is 2.07 bits per heavy atom. The quantitative estimate of drug-likeness (QED) is 0.865. The number of benzene rings is 1. The summed E-state index contributed by atoms with van der Waals surface area (Å²) in [4.78, 5) is 34.1. The first-order valence-electron chi connectivity index (χ1n) is 8.85. The summed E-state index contributed by atoms with van der Waals surface area (Å²) < 4.78 is 18.9. The summed E-state index contributed by atoms with van der Waals surface area (Å²) in [6, 6.07) is 5.96. The predicted molar refractivity (Wildman–Crippen MR) is 95.6 cm³/mol. The number of ether oxygens (including phenoxy) is 1. The fourth-order valence-electron chi connectivity index (χ4n) is 2.96. The molecule has 1 aliphatic heterocycles. The standard InChI is InChI=1S/C19H21FN4O3/c20-15-5-1-2-6-17(15)27-13-18(25)24-10-3-4-14(7-11-24)23-19(26)16-12-21-8-9-22-16/h1-2,5-6,8-9,12,14H,3-4,7,10-11,13H2,(H,23,26).